The van der Waals surface area contributed by atoms with Gasteiger partial charge in [-0.15, -0.1) is 0 Å². The Balaban J connectivity index is 1.67. The minimum atomic E-state index is -0.625. The van der Waals surface area contributed by atoms with Gasteiger partial charge in [-0.1, -0.05) is 24.6 Å². The fraction of sp³-hybridized carbons (Fsp3) is 0.391. The number of carbonyl (C=O) groups is 2. The number of aryl methyl sites for hydroxylation is 2. The minimum Gasteiger partial charge on any atom is -0.481 e. The number of rotatable bonds is 7. The first kappa shape index (κ1) is 21.2. The second-order valence-electron chi connectivity index (χ2n) is 7.06. The molecule has 1 atom stereocenters. The number of carbonyl (C=O) groups excluding carboxylic acids is 2. The van der Waals surface area contributed by atoms with Crippen molar-refractivity contribution in [3.8, 4) is 5.75 Å². The van der Waals surface area contributed by atoms with Crippen LogP contribution in [0.2, 0.25) is 5.02 Å². The van der Waals surface area contributed by atoms with E-state index in [1.54, 1.807) is 19.1 Å². The Labute approximate surface area is 176 Å². The molecule has 1 unspecified atom stereocenters. The average Bonchev–Trinajstić information content (AvgIpc) is 2.72. The molecule has 29 heavy (non-hydrogen) atoms. The van der Waals surface area contributed by atoms with Gasteiger partial charge in [-0.25, -0.2) is 4.79 Å². The van der Waals surface area contributed by atoms with Crippen molar-refractivity contribution in [2.45, 2.75) is 52.1 Å². The first-order chi connectivity index (χ1) is 14.0. The van der Waals surface area contributed by atoms with Crippen LogP contribution in [0.4, 0.5) is 5.69 Å². The third-order valence-corrected chi connectivity index (χ3v) is 5.31. The number of amides is 1. The van der Waals surface area contributed by atoms with Gasteiger partial charge in [-0.2, -0.15) is 0 Å². The summed E-state index contributed by atoms with van der Waals surface area (Å²) in [5, 5.41) is 3.04. The normalized spacial score (nSPS) is 13.9. The topological polar surface area (TPSA) is 64.6 Å². The summed E-state index contributed by atoms with van der Waals surface area (Å²) >= 11 is 6.17. The van der Waals surface area contributed by atoms with Crippen LogP contribution in [0.3, 0.4) is 0 Å². The number of anilines is 1. The third-order valence-electron chi connectivity index (χ3n) is 4.99. The lowest BCUT2D eigenvalue weighted by Crippen LogP contribution is -2.32. The summed E-state index contributed by atoms with van der Waals surface area (Å²) in [6.45, 7) is 3.90. The van der Waals surface area contributed by atoms with E-state index in [1.807, 2.05) is 13.0 Å². The van der Waals surface area contributed by atoms with Gasteiger partial charge in [0.2, 0.25) is 0 Å². The number of esters is 1. The van der Waals surface area contributed by atoms with Crippen LogP contribution in [0, 0.1) is 0 Å². The highest BCUT2D eigenvalue weighted by Crippen LogP contribution is 2.27. The number of fused-ring (bicyclic) bond motifs is 1. The summed E-state index contributed by atoms with van der Waals surface area (Å²) in [4.78, 5) is 24.5. The van der Waals surface area contributed by atoms with Crippen LogP contribution in [0.5, 0.6) is 5.75 Å². The van der Waals surface area contributed by atoms with E-state index in [9.17, 15) is 9.59 Å². The molecule has 1 aliphatic carbocycles. The standard InChI is InChI=1S/C23H26ClNO4/c1-3-21(29-18-11-9-15-7-5-6-8-16(15)13-18)22(26)25-17-10-12-19(20(24)14-17)23(27)28-4-2/h9-14,21H,3-8H2,1-2H3,(H,25,26). The highest BCUT2D eigenvalue weighted by Gasteiger charge is 2.20. The molecule has 0 radical (unpaired) electrons. The van der Waals surface area contributed by atoms with Gasteiger partial charge in [0, 0.05) is 5.69 Å². The van der Waals surface area contributed by atoms with E-state index in [-0.39, 0.29) is 23.1 Å². The van der Waals surface area contributed by atoms with Gasteiger partial charge in [-0.3, -0.25) is 4.79 Å². The molecule has 5 nitrogen and oxygen atoms in total. The van der Waals surface area contributed by atoms with Crippen molar-refractivity contribution in [1.82, 2.24) is 0 Å². The van der Waals surface area contributed by atoms with Gasteiger partial charge in [0.05, 0.1) is 17.2 Å². The summed E-state index contributed by atoms with van der Waals surface area (Å²) in [6.07, 6.45) is 4.48. The molecule has 0 aliphatic heterocycles. The second kappa shape index (κ2) is 9.79. The van der Waals surface area contributed by atoms with Crippen molar-refractivity contribution in [3.63, 3.8) is 0 Å². The summed E-state index contributed by atoms with van der Waals surface area (Å²) in [7, 11) is 0. The molecule has 2 aromatic carbocycles. The fourth-order valence-corrected chi connectivity index (χ4v) is 3.72. The van der Waals surface area contributed by atoms with E-state index in [0.29, 0.717) is 17.9 Å². The van der Waals surface area contributed by atoms with Crippen LogP contribution in [0.15, 0.2) is 36.4 Å². The zero-order valence-corrected chi connectivity index (χ0v) is 17.6. The van der Waals surface area contributed by atoms with E-state index in [4.69, 9.17) is 21.1 Å². The average molecular weight is 416 g/mol. The molecule has 0 saturated carbocycles. The van der Waals surface area contributed by atoms with Crippen LogP contribution < -0.4 is 10.1 Å². The molecule has 154 valence electrons. The van der Waals surface area contributed by atoms with E-state index >= 15 is 0 Å². The van der Waals surface area contributed by atoms with Crippen molar-refractivity contribution in [2.75, 3.05) is 11.9 Å². The van der Waals surface area contributed by atoms with Gasteiger partial charge in [0.1, 0.15) is 5.75 Å². The van der Waals surface area contributed by atoms with Crippen LogP contribution in [0.25, 0.3) is 0 Å². The number of hydrogen-bond acceptors (Lipinski definition) is 4. The second-order valence-corrected chi connectivity index (χ2v) is 7.46. The molecule has 0 saturated heterocycles. The Morgan fingerprint density at radius 3 is 2.52 bits per heavy atom. The third kappa shape index (κ3) is 5.30. The number of nitrogens with one attached hydrogen (secondary N) is 1. The van der Waals surface area contributed by atoms with Crippen molar-refractivity contribution in [1.29, 1.82) is 0 Å². The Kier molecular flexibility index (Phi) is 7.15. The van der Waals surface area contributed by atoms with Crippen molar-refractivity contribution in [3.05, 3.63) is 58.1 Å². The minimum absolute atomic E-state index is 0.227. The van der Waals surface area contributed by atoms with E-state index < -0.39 is 12.1 Å². The maximum atomic E-state index is 12.7. The number of hydrogen-bond donors (Lipinski definition) is 1. The molecule has 1 amide bonds. The molecule has 0 fully saturated rings. The summed E-state index contributed by atoms with van der Waals surface area (Å²) in [6, 6.07) is 10.8. The molecule has 1 aliphatic rings. The SMILES string of the molecule is CCOC(=O)c1ccc(NC(=O)C(CC)Oc2ccc3c(c2)CCCC3)cc1Cl. The molecule has 6 heteroatoms. The summed E-state index contributed by atoms with van der Waals surface area (Å²) in [5.74, 6) is -0.0360. The lowest BCUT2D eigenvalue weighted by molar-refractivity contribution is -0.122. The lowest BCUT2D eigenvalue weighted by Gasteiger charge is -2.20. The quantitative estimate of drug-likeness (QED) is 0.632. The van der Waals surface area contributed by atoms with E-state index in [2.05, 4.69) is 17.4 Å². The molecule has 3 rings (SSSR count). The van der Waals surface area contributed by atoms with Crippen molar-refractivity contribution in [2.24, 2.45) is 0 Å². The van der Waals surface area contributed by atoms with Crippen molar-refractivity contribution < 1.29 is 19.1 Å². The zero-order valence-electron chi connectivity index (χ0n) is 16.8. The smallest absolute Gasteiger partial charge is 0.339 e. The molecule has 2 aromatic rings. The predicted molar refractivity (Wildman–Crippen MR) is 114 cm³/mol. The zero-order chi connectivity index (χ0) is 20.8. The Bertz CT molecular complexity index is 896. The Morgan fingerprint density at radius 1 is 1.07 bits per heavy atom. The highest BCUT2D eigenvalue weighted by atomic mass is 35.5. The molecular formula is C23H26ClNO4. The highest BCUT2D eigenvalue weighted by molar-refractivity contribution is 6.34. The van der Waals surface area contributed by atoms with Crippen LogP contribution in [0.1, 0.15) is 54.6 Å². The van der Waals surface area contributed by atoms with Gasteiger partial charge < -0.3 is 14.8 Å². The molecule has 0 heterocycles. The maximum absolute atomic E-state index is 12.7. The maximum Gasteiger partial charge on any atom is 0.339 e. The van der Waals surface area contributed by atoms with E-state index in [0.717, 1.165) is 12.8 Å². The molecular weight excluding hydrogens is 390 g/mol. The van der Waals surface area contributed by atoms with Gasteiger partial charge in [0.15, 0.2) is 6.10 Å². The largest absolute Gasteiger partial charge is 0.481 e. The number of halogens is 1. The Morgan fingerprint density at radius 2 is 1.83 bits per heavy atom. The van der Waals surface area contributed by atoms with Crippen molar-refractivity contribution >= 4 is 29.2 Å². The first-order valence-corrected chi connectivity index (χ1v) is 10.5. The number of benzene rings is 2. The molecule has 0 bridgehead atoms. The predicted octanol–water partition coefficient (Wildman–Crippen LogP) is 5.19. The molecule has 0 spiro atoms. The lowest BCUT2D eigenvalue weighted by atomic mass is 9.92. The van der Waals surface area contributed by atoms with Gasteiger partial charge in [-0.05, 0) is 80.5 Å². The molecule has 1 N–H and O–H groups in total. The van der Waals surface area contributed by atoms with Crippen LogP contribution >= 0.6 is 11.6 Å². The Hall–Kier alpha value is -2.53. The fourth-order valence-electron chi connectivity index (χ4n) is 3.46. The van der Waals surface area contributed by atoms with Crippen LogP contribution in [-0.2, 0) is 22.4 Å². The van der Waals surface area contributed by atoms with Crippen LogP contribution in [-0.4, -0.2) is 24.6 Å². The number of ether oxygens (including phenoxy) is 2. The van der Waals surface area contributed by atoms with E-state index in [1.165, 1.54) is 30.0 Å². The monoisotopic (exact) mass is 415 g/mol. The van der Waals surface area contributed by atoms with Gasteiger partial charge in [0.25, 0.3) is 5.91 Å². The van der Waals surface area contributed by atoms with Gasteiger partial charge >= 0.3 is 5.97 Å². The first-order valence-electron chi connectivity index (χ1n) is 10.1. The summed E-state index contributed by atoms with van der Waals surface area (Å²) < 4.78 is 10.9. The molecule has 0 aromatic heterocycles. The summed E-state index contributed by atoms with van der Waals surface area (Å²) in [5.41, 5.74) is 3.45.